The largest absolute Gasteiger partial charge is 0.494 e. The molecule has 0 fully saturated rings. The maximum atomic E-state index is 12.4. The highest BCUT2D eigenvalue weighted by Gasteiger charge is 2.11. The molecule has 0 saturated heterocycles. The maximum absolute atomic E-state index is 12.4. The Morgan fingerprint density at radius 3 is 2.76 bits per heavy atom. The normalized spacial score (nSPS) is 10.8. The van der Waals surface area contributed by atoms with Gasteiger partial charge in [0.1, 0.15) is 11.3 Å². The lowest BCUT2D eigenvalue weighted by atomic mass is 10.1. The van der Waals surface area contributed by atoms with Crippen LogP contribution < -0.4 is 10.1 Å². The van der Waals surface area contributed by atoms with Crippen molar-refractivity contribution in [3.05, 3.63) is 65.5 Å². The summed E-state index contributed by atoms with van der Waals surface area (Å²) in [5, 5.41) is 7.25. The summed E-state index contributed by atoms with van der Waals surface area (Å²) in [5.41, 5.74) is 3.80. The van der Waals surface area contributed by atoms with Gasteiger partial charge in [-0.3, -0.25) is 4.79 Å². The molecule has 0 saturated carbocycles. The summed E-state index contributed by atoms with van der Waals surface area (Å²) in [4.78, 5) is 21.6. The van der Waals surface area contributed by atoms with E-state index in [0.717, 1.165) is 38.5 Å². The van der Waals surface area contributed by atoms with Crippen LogP contribution in [-0.4, -0.2) is 28.7 Å². The third kappa shape index (κ3) is 4.41. The number of ether oxygens (including phenoxy) is 1. The fraction of sp³-hybridized carbons (Fsp3) is 0.136. The molecule has 1 N–H and O–H groups in total. The van der Waals surface area contributed by atoms with Crippen molar-refractivity contribution in [1.29, 1.82) is 0 Å². The Morgan fingerprint density at radius 1 is 1.14 bits per heavy atom. The lowest BCUT2D eigenvalue weighted by molar-refractivity contribution is -0.113. The van der Waals surface area contributed by atoms with Crippen molar-refractivity contribution in [1.82, 2.24) is 9.97 Å². The molecule has 1 amide bonds. The minimum atomic E-state index is -0.108. The Bertz CT molecular complexity index is 1160. The zero-order valence-electron chi connectivity index (χ0n) is 16.0. The first-order valence-corrected chi connectivity index (χ1v) is 10.9. The molecule has 146 valence electrons. The predicted octanol–water partition coefficient (Wildman–Crippen LogP) is 5.41. The van der Waals surface area contributed by atoms with Crippen LogP contribution in [0.2, 0.25) is 0 Å². The quantitative estimate of drug-likeness (QED) is 0.422. The van der Waals surface area contributed by atoms with Crippen LogP contribution in [0.5, 0.6) is 5.75 Å². The van der Waals surface area contributed by atoms with Gasteiger partial charge in [-0.1, -0.05) is 54.2 Å². The average Bonchev–Trinajstić information content (AvgIpc) is 3.21. The first kappa shape index (κ1) is 19.4. The number of hydrogen-bond donors (Lipinski definition) is 1. The Labute approximate surface area is 177 Å². The van der Waals surface area contributed by atoms with E-state index in [1.165, 1.54) is 23.1 Å². The van der Waals surface area contributed by atoms with Gasteiger partial charge >= 0.3 is 0 Å². The summed E-state index contributed by atoms with van der Waals surface area (Å²) in [5.74, 6) is 0.880. The highest BCUT2D eigenvalue weighted by atomic mass is 32.2. The molecular weight excluding hydrogens is 402 g/mol. The van der Waals surface area contributed by atoms with E-state index in [2.05, 4.69) is 15.3 Å². The Kier molecular flexibility index (Phi) is 5.78. The third-order valence-electron chi connectivity index (χ3n) is 4.38. The molecule has 0 spiro atoms. The highest BCUT2D eigenvalue weighted by molar-refractivity contribution is 7.99. The van der Waals surface area contributed by atoms with Crippen molar-refractivity contribution in [2.24, 2.45) is 0 Å². The number of aryl methyl sites for hydroxylation is 1. The van der Waals surface area contributed by atoms with Crippen LogP contribution >= 0.6 is 23.1 Å². The van der Waals surface area contributed by atoms with Gasteiger partial charge in [0.15, 0.2) is 5.13 Å². The van der Waals surface area contributed by atoms with Crippen LogP contribution in [0.1, 0.15) is 5.56 Å². The van der Waals surface area contributed by atoms with Crippen LogP contribution in [0.4, 0.5) is 5.13 Å². The number of amides is 1. The van der Waals surface area contributed by atoms with Crippen LogP contribution in [0.25, 0.3) is 22.2 Å². The molecular formula is C22H19N3O2S2. The predicted molar refractivity (Wildman–Crippen MR) is 120 cm³/mol. The number of para-hydroxylation sites is 1. The number of nitrogens with zero attached hydrogens (tertiary/aromatic N) is 2. The number of benzene rings is 2. The number of fused-ring (bicyclic) bond motifs is 1. The van der Waals surface area contributed by atoms with E-state index in [9.17, 15) is 4.79 Å². The standard InChI is InChI=1S/C22H19N3O2S2/c1-14-11-20(25-21-16(14)9-6-10-18(21)27-2)28-13-19(26)24-22-23-17(12-29-22)15-7-4-3-5-8-15/h3-12H,13H2,1-2H3,(H,23,24,26). The zero-order valence-corrected chi connectivity index (χ0v) is 17.6. The lowest BCUT2D eigenvalue weighted by Crippen LogP contribution is -2.14. The second-order valence-corrected chi connectivity index (χ2v) is 8.23. The lowest BCUT2D eigenvalue weighted by Gasteiger charge is -2.09. The van der Waals surface area contributed by atoms with E-state index in [1.54, 1.807) is 7.11 Å². The van der Waals surface area contributed by atoms with Crippen molar-refractivity contribution >= 4 is 45.0 Å². The number of aromatic nitrogens is 2. The number of hydrogen-bond acceptors (Lipinski definition) is 6. The topological polar surface area (TPSA) is 64.1 Å². The number of thioether (sulfide) groups is 1. The second-order valence-electron chi connectivity index (χ2n) is 6.37. The van der Waals surface area contributed by atoms with Crippen molar-refractivity contribution in [3.8, 4) is 17.0 Å². The number of rotatable bonds is 6. The van der Waals surface area contributed by atoms with Crippen molar-refractivity contribution < 1.29 is 9.53 Å². The number of carbonyl (C=O) groups excluding carboxylic acids is 1. The average molecular weight is 422 g/mol. The number of pyridine rings is 1. The molecule has 0 unspecified atom stereocenters. The molecule has 29 heavy (non-hydrogen) atoms. The van der Waals surface area contributed by atoms with Gasteiger partial charge in [-0.15, -0.1) is 11.3 Å². The Morgan fingerprint density at radius 2 is 1.97 bits per heavy atom. The first-order valence-electron chi connectivity index (χ1n) is 9.02. The van der Waals surface area contributed by atoms with Crippen LogP contribution in [0.3, 0.4) is 0 Å². The van der Waals surface area contributed by atoms with Gasteiger partial charge in [-0.25, -0.2) is 9.97 Å². The van der Waals surface area contributed by atoms with E-state index in [0.29, 0.717) is 5.13 Å². The van der Waals surface area contributed by atoms with E-state index in [4.69, 9.17) is 4.74 Å². The fourth-order valence-electron chi connectivity index (χ4n) is 2.97. The first-order chi connectivity index (χ1) is 14.1. The summed E-state index contributed by atoms with van der Waals surface area (Å²) in [6.45, 7) is 2.04. The van der Waals surface area contributed by atoms with Gasteiger partial charge in [0.05, 0.1) is 23.6 Å². The maximum Gasteiger partial charge on any atom is 0.236 e. The van der Waals surface area contributed by atoms with E-state index < -0.39 is 0 Å². The van der Waals surface area contributed by atoms with Gasteiger partial charge in [0.25, 0.3) is 0 Å². The Balaban J connectivity index is 1.43. The van der Waals surface area contributed by atoms with E-state index in [1.807, 2.05) is 66.9 Å². The van der Waals surface area contributed by atoms with Gasteiger partial charge in [-0.2, -0.15) is 0 Å². The molecule has 2 aromatic carbocycles. The zero-order chi connectivity index (χ0) is 20.2. The third-order valence-corrected chi connectivity index (χ3v) is 6.05. The second kappa shape index (κ2) is 8.63. The SMILES string of the molecule is COc1cccc2c(C)cc(SCC(=O)Nc3nc(-c4ccccc4)cs3)nc12. The van der Waals surface area contributed by atoms with Crippen molar-refractivity contribution in [3.63, 3.8) is 0 Å². The fourth-order valence-corrected chi connectivity index (χ4v) is 4.47. The summed E-state index contributed by atoms with van der Waals surface area (Å²) >= 11 is 2.82. The molecule has 0 atom stereocenters. The number of methoxy groups -OCH3 is 1. The molecule has 2 heterocycles. The van der Waals surface area contributed by atoms with Crippen molar-refractivity contribution in [2.45, 2.75) is 11.9 Å². The van der Waals surface area contributed by atoms with Crippen LogP contribution in [0, 0.1) is 6.92 Å². The summed E-state index contributed by atoms with van der Waals surface area (Å²) in [7, 11) is 1.64. The summed E-state index contributed by atoms with van der Waals surface area (Å²) in [6, 6.07) is 17.8. The summed E-state index contributed by atoms with van der Waals surface area (Å²) in [6.07, 6.45) is 0. The number of thiazole rings is 1. The minimum absolute atomic E-state index is 0.108. The molecule has 4 rings (SSSR count). The summed E-state index contributed by atoms with van der Waals surface area (Å²) < 4.78 is 5.42. The molecule has 2 aromatic heterocycles. The van der Waals surface area contributed by atoms with Gasteiger partial charge in [0, 0.05) is 16.3 Å². The number of nitrogens with one attached hydrogen (secondary N) is 1. The van der Waals surface area contributed by atoms with E-state index in [-0.39, 0.29) is 11.7 Å². The molecule has 4 aromatic rings. The van der Waals surface area contributed by atoms with Gasteiger partial charge in [-0.05, 0) is 24.6 Å². The molecule has 0 bridgehead atoms. The van der Waals surface area contributed by atoms with E-state index >= 15 is 0 Å². The number of anilines is 1. The van der Waals surface area contributed by atoms with Crippen molar-refractivity contribution in [2.75, 3.05) is 18.2 Å². The van der Waals surface area contributed by atoms with Crippen LogP contribution in [-0.2, 0) is 4.79 Å². The molecule has 0 aliphatic carbocycles. The monoisotopic (exact) mass is 421 g/mol. The van der Waals surface area contributed by atoms with Gasteiger partial charge < -0.3 is 10.1 Å². The minimum Gasteiger partial charge on any atom is -0.494 e. The molecule has 0 aliphatic rings. The highest BCUT2D eigenvalue weighted by Crippen LogP contribution is 2.30. The van der Waals surface area contributed by atoms with Crippen LogP contribution in [0.15, 0.2) is 65.0 Å². The molecule has 7 heteroatoms. The Hall–Kier alpha value is -2.90. The smallest absolute Gasteiger partial charge is 0.236 e. The molecule has 5 nitrogen and oxygen atoms in total. The molecule has 0 radical (unpaired) electrons. The molecule has 0 aliphatic heterocycles. The number of carbonyl (C=O) groups is 1. The van der Waals surface area contributed by atoms with Gasteiger partial charge in [0.2, 0.25) is 5.91 Å².